The first-order valence-corrected chi connectivity index (χ1v) is 10.2. The molecule has 1 aromatic carbocycles. The van der Waals surface area contributed by atoms with Crippen LogP contribution in [0.3, 0.4) is 0 Å². The lowest BCUT2D eigenvalue weighted by Gasteiger charge is -2.21. The summed E-state index contributed by atoms with van der Waals surface area (Å²) in [4.78, 5) is 39.7. The maximum Gasteiger partial charge on any atom is 0.289 e. The van der Waals surface area contributed by atoms with E-state index in [0.29, 0.717) is 17.4 Å². The van der Waals surface area contributed by atoms with Gasteiger partial charge in [0, 0.05) is 18.7 Å². The van der Waals surface area contributed by atoms with E-state index in [1.807, 2.05) is 29.2 Å². The molecule has 1 aromatic rings. The van der Waals surface area contributed by atoms with Gasteiger partial charge in [-0.2, -0.15) is 0 Å². The molecular weight excluding hydrogens is 350 g/mol. The van der Waals surface area contributed by atoms with Gasteiger partial charge < -0.3 is 10.2 Å². The van der Waals surface area contributed by atoms with Crippen molar-refractivity contribution in [3.8, 4) is 0 Å². The monoisotopic (exact) mass is 373 g/mol. The zero-order valence-corrected chi connectivity index (χ0v) is 15.5. The van der Waals surface area contributed by atoms with Gasteiger partial charge >= 0.3 is 0 Å². The van der Waals surface area contributed by atoms with Crippen LogP contribution in [0.1, 0.15) is 28.8 Å². The number of likely N-dealkylation sites (tertiary alicyclic amines) is 1. The third kappa shape index (κ3) is 3.50. The SMILES string of the molecule is O=C(c1cccc(CN2C(=O)CSC2=O)c1)N1CC[C@@H]2CNC[C@@H]2CC1. The fourth-order valence-corrected chi connectivity index (χ4v) is 4.85. The van der Waals surface area contributed by atoms with E-state index in [0.717, 1.165) is 56.3 Å². The molecule has 0 radical (unpaired) electrons. The average molecular weight is 373 g/mol. The van der Waals surface area contributed by atoms with E-state index in [2.05, 4.69) is 5.32 Å². The molecule has 7 heteroatoms. The number of nitrogens with zero attached hydrogens (tertiary/aromatic N) is 2. The largest absolute Gasteiger partial charge is 0.339 e. The van der Waals surface area contributed by atoms with E-state index in [9.17, 15) is 14.4 Å². The molecule has 0 unspecified atom stereocenters. The van der Waals surface area contributed by atoms with Crippen molar-refractivity contribution < 1.29 is 14.4 Å². The predicted molar refractivity (Wildman–Crippen MR) is 99.8 cm³/mol. The van der Waals surface area contributed by atoms with Crippen LogP contribution >= 0.6 is 11.8 Å². The Labute approximate surface area is 157 Å². The minimum Gasteiger partial charge on any atom is -0.339 e. The zero-order chi connectivity index (χ0) is 18.1. The first-order chi connectivity index (χ1) is 12.6. The van der Waals surface area contributed by atoms with Crippen LogP contribution < -0.4 is 5.32 Å². The van der Waals surface area contributed by atoms with Gasteiger partial charge in [-0.05, 0) is 55.5 Å². The average Bonchev–Trinajstić information content (AvgIpc) is 3.16. The highest BCUT2D eigenvalue weighted by Crippen LogP contribution is 2.28. The molecule has 3 fully saturated rings. The van der Waals surface area contributed by atoms with E-state index in [4.69, 9.17) is 0 Å². The van der Waals surface area contributed by atoms with Gasteiger partial charge in [0.25, 0.3) is 11.1 Å². The molecule has 2 atom stereocenters. The van der Waals surface area contributed by atoms with Crippen molar-refractivity contribution in [2.45, 2.75) is 19.4 Å². The van der Waals surface area contributed by atoms with Crippen LogP contribution in [0, 0.1) is 11.8 Å². The number of carbonyl (C=O) groups is 3. The molecule has 6 nitrogen and oxygen atoms in total. The fraction of sp³-hybridized carbons (Fsp3) is 0.526. The lowest BCUT2D eigenvalue weighted by atomic mass is 9.92. The maximum atomic E-state index is 12.9. The normalized spacial score (nSPS) is 26.2. The van der Waals surface area contributed by atoms with Crippen molar-refractivity contribution in [3.63, 3.8) is 0 Å². The Bertz CT molecular complexity index is 708. The van der Waals surface area contributed by atoms with Crippen LogP contribution in [-0.4, -0.2) is 58.8 Å². The number of hydrogen-bond acceptors (Lipinski definition) is 5. The van der Waals surface area contributed by atoms with E-state index in [-0.39, 0.29) is 29.4 Å². The van der Waals surface area contributed by atoms with Crippen molar-refractivity contribution in [1.29, 1.82) is 0 Å². The van der Waals surface area contributed by atoms with Crippen molar-refractivity contribution in [2.24, 2.45) is 11.8 Å². The fourth-order valence-electron chi connectivity index (χ4n) is 4.12. The topological polar surface area (TPSA) is 69.7 Å². The highest BCUT2D eigenvalue weighted by molar-refractivity contribution is 8.14. The van der Waals surface area contributed by atoms with E-state index in [1.54, 1.807) is 0 Å². The van der Waals surface area contributed by atoms with Crippen molar-refractivity contribution >= 4 is 28.8 Å². The number of carbonyl (C=O) groups excluding carboxylic acids is 3. The number of imide groups is 1. The van der Waals surface area contributed by atoms with Crippen LogP contribution in [0.5, 0.6) is 0 Å². The summed E-state index contributed by atoms with van der Waals surface area (Å²) in [6.07, 6.45) is 2.11. The van der Waals surface area contributed by atoms with Crippen molar-refractivity contribution in [2.75, 3.05) is 31.9 Å². The molecule has 3 amide bonds. The lowest BCUT2D eigenvalue weighted by molar-refractivity contribution is -0.125. The van der Waals surface area contributed by atoms with Gasteiger partial charge in [-0.3, -0.25) is 19.3 Å². The molecule has 0 saturated carbocycles. The van der Waals surface area contributed by atoms with Gasteiger partial charge in [-0.1, -0.05) is 23.9 Å². The van der Waals surface area contributed by atoms with Crippen LogP contribution in [0.2, 0.25) is 0 Å². The van der Waals surface area contributed by atoms with E-state index >= 15 is 0 Å². The molecule has 0 aromatic heterocycles. The van der Waals surface area contributed by atoms with Gasteiger partial charge in [-0.15, -0.1) is 0 Å². The van der Waals surface area contributed by atoms with Crippen LogP contribution in [0.15, 0.2) is 24.3 Å². The molecule has 3 aliphatic heterocycles. The first-order valence-electron chi connectivity index (χ1n) is 9.18. The second kappa shape index (κ2) is 7.40. The van der Waals surface area contributed by atoms with E-state index in [1.165, 1.54) is 4.90 Å². The standard InChI is InChI=1S/C19H23N3O3S/c23-17-12-26-19(25)22(17)11-13-2-1-3-14(8-13)18(24)21-6-4-15-9-20-10-16(15)5-7-21/h1-3,8,15-16,20H,4-7,9-12H2/t15-,16+. The Morgan fingerprint density at radius 2 is 1.88 bits per heavy atom. The van der Waals surface area contributed by atoms with Gasteiger partial charge in [0.1, 0.15) is 0 Å². The Hall–Kier alpha value is -1.86. The van der Waals surface area contributed by atoms with Crippen LogP contribution in [0.25, 0.3) is 0 Å². The third-order valence-electron chi connectivity index (χ3n) is 5.66. The van der Waals surface area contributed by atoms with Crippen LogP contribution in [0.4, 0.5) is 4.79 Å². The first kappa shape index (κ1) is 17.5. The summed E-state index contributed by atoms with van der Waals surface area (Å²) in [6, 6.07) is 7.33. The number of benzene rings is 1. The predicted octanol–water partition coefficient (Wildman–Crippen LogP) is 1.95. The summed E-state index contributed by atoms with van der Waals surface area (Å²) >= 11 is 1.03. The molecule has 3 saturated heterocycles. The molecule has 0 bridgehead atoms. The second-order valence-corrected chi connectivity index (χ2v) is 8.21. The third-order valence-corrected chi connectivity index (χ3v) is 6.52. The summed E-state index contributed by atoms with van der Waals surface area (Å²) in [7, 11) is 0. The number of hydrogen-bond donors (Lipinski definition) is 1. The minimum atomic E-state index is -0.209. The number of thioether (sulfide) groups is 1. The minimum absolute atomic E-state index is 0.0493. The number of amides is 3. The molecule has 0 aliphatic carbocycles. The summed E-state index contributed by atoms with van der Waals surface area (Å²) < 4.78 is 0. The van der Waals surface area contributed by atoms with E-state index < -0.39 is 0 Å². The molecule has 138 valence electrons. The highest BCUT2D eigenvalue weighted by atomic mass is 32.2. The molecule has 3 heterocycles. The summed E-state index contributed by atoms with van der Waals surface area (Å²) in [5.41, 5.74) is 1.45. The van der Waals surface area contributed by atoms with Gasteiger partial charge in [0.2, 0.25) is 5.91 Å². The molecular formula is C19H23N3O3S. The maximum absolute atomic E-state index is 12.9. The summed E-state index contributed by atoms with van der Waals surface area (Å²) in [5, 5.41) is 3.24. The molecule has 3 aliphatic rings. The highest BCUT2D eigenvalue weighted by Gasteiger charge is 2.32. The van der Waals surface area contributed by atoms with Crippen LogP contribution in [-0.2, 0) is 11.3 Å². The molecule has 26 heavy (non-hydrogen) atoms. The number of nitrogens with one attached hydrogen (secondary N) is 1. The zero-order valence-electron chi connectivity index (χ0n) is 14.6. The summed E-state index contributed by atoms with van der Waals surface area (Å²) in [5.74, 6) is 1.47. The van der Waals surface area contributed by atoms with Gasteiger partial charge in [0.15, 0.2) is 0 Å². The molecule has 4 rings (SSSR count). The smallest absolute Gasteiger partial charge is 0.289 e. The van der Waals surface area contributed by atoms with Crippen molar-refractivity contribution in [3.05, 3.63) is 35.4 Å². The second-order valence-electron chi connectivity index (χ2n) is 7.28. The Kier molecular flexibility index (Phi) is 5.00. The molecule has 1 N–H and O–H groups in total. The number of rotatable bonds is 3. The van der Waals surface area contributed by atoms with Crippen molar-refractivity contribution in [1.82, 2.24) is 15.1 Å². The molecule has 0 spiro atoms. The Morgan fingerprint density at radius 1 is 1.15 bits per heavy atom. The summed E-state index contributed by atoms with van der Waals surface area (Å²) in [6.45, 7) is 3.97. The Morgan fingerprint density at radius 3 is 2.54 bits per heavy atom. The lowest BCUT2D eigenvalue weighted by Crippen LogP contribution is -2.33. The Balaban J connectivity index is 1.45. The van der Waals surface area contributed by atoms with Gasteiger partial charge in [-0.25, -0.2) is 0 Å². The number of fused-ring (bicyclic) bond motifs is 1. The van der Waals surface area contributed by atoms with Gasteiger partial charge in [0.05, 0.1) is 12.3 Å². The quantitative estimate of drug-likeness (QED) is 0.877.